The molecule has 3 aromatic heterocycles. The van der Waals surface area contributed by atoms with E-state index in [1.807, 2.05) is 22.9 Å². The van der Waals surface area contributed by atoms with E-state index in [0.29, 0.717) is 22.6 Å². The van der Waals surface area contributed by atoms with Crippen LogP contribution in [0, 0.1) is 5.82 Å². The fourth-order valence-electron chi connectivity index (χ4n) is 4.18. The molecule has 1 aliphatic heterocycles. The number of anilines is 1. The van der Waals surface area contributed by atoms with E-state index in [4.69, 9.17) is 4.98 Å². The molecule has 0 atom stereocenters. The molecule has 1 aromatic carbocycles. The predicted molar refractivity (Wildman–Crippen MR) is 131 cm³/mol. The van der Waals surface area contributed by atoms with Crippen LogP contribution < -0.4 is 10.9 Å². The van der Waals surface area contributed by atoms with Crippen LogP contribution in [0.1, 0.15) is 25.1 Å². The van der Waals surface area contributed by atoms with Crippen LogP contribution in [0.15, 0.2) is 52.0 Å². The van der Waals surface area contributed by atoms with Gasteiger partial charge in [-0.05, 0) is 49.5 Å². The van der Waals surface area contributed by atoms with Crippen LogP contribution in [-0.4, -0.2) is 33.4 Å². The molecule has 0 bridgehead atoms. The lowest BCUT2D eigenvalue weighted by molar-refractivity contribution is -0.116. The quantitative estimate of drug-likeness (QED) is 0.422. The Morgan fingerprint density at radius 1 is 1.09 bits per heavy atom. The highest BCUT2D eigenvalue weighted by Gasteiger charge is 2.21. The van der Waals surface area contributed by atoms with Crippen LogP contribution in [0.2, 0.25) is 0 Å². The van der Waals surface area contributed by atoms with Crippen molar-refractivity contribution in [2.45, 2.75) is 32.4 Å². The van der Waals surface area contributed by atoms with Crippen molar-refractivity contribution in [2.75, 3.05) is 18.4 Å². The number of carbonyl (C=O) groups is 1. The van der Waals surface area contributed by atoms with Crippen molar-refractivity contribution >= 4 is 44.5 Å². The number of thiophene rings is 2. The van der Waals surface area contributed by atoms with Crippen molar-refractivity contribution in [3.8, 4) is 10.4 Å². The minimum absolute atomic E-state index is 0.0944. The lowest BCUT2D eigenvalue weighted by atomic mass is 10.1. The predicted octanol–water partition coefficient (Wildman–Crippen LogP) is 4.95. The summed E-state index contributed by atoms with van der Waals surface area (Å²) in [5.74, 6) is -0.410. The summed E-state index contributed by atoms with van der Waals surface area (Å²) in [6, 6.07) is 9.92. The number of aromatic nitrogens is 2. The number of nitrogens with one attached hydrogen (secondary N) is 1. The fourth-order valence-corrected chi connectivity index (χ4v) is 5.95. The molecule has 0 spiro atoms. The number of nitrogens with zero attached hydrogens (tertiary/aromatic N) is 3. The standard InChI is InChI=1S/C24H23FN4O2S2/c25-17-7-2-3-8-18(17)26-21(30)14-29-20(13-28-10-4-1-5-11-28)27-23-22(24(29)31)16(15-33-23)19-9-6-12-32-19/h2-3,6-9,12,15H,1,4-5,10-11,13-14H2,(H,26,30). The summed E-state index contributed by atoms with van der Waals surface area (Å²) in [7, 11) is 0. The number of benzene rings is 1. The molecule has 0 unspecified atom stereocenters. The van der Waals surface area contributed by atoms with Crippen LogP contribution in [0.25, 0.3) is 20.7 Å². The van der Waals surface area contributed by atoms with Gasteiger partial charge in [0, 0.05) is 15.8 Å². The SMILES string of the molecule is O=C(Cn1c(CN2CCCCC2)nc2scc(-c3cccs3)c2c1=O)Nc1ccccc1F. The van der Waals surface area contributed by atoms with E-state index < -0.39 is 11.7 Å². The summed E-state index contributed by atoms with van der Waals surface area (Å²) in [6.07, 6.45) is 3.43. The molecule has 33 heavy (non-hydrogen) atoms. The molecule has 0 saturated carbocycles. The first-order valence-corrected chi connectivity index (χ1v) is 12.7. The maximum atomic E-state index is 14.0. The second kappa shape index (κ2) is 9.54. The molecule has 1 amide bonds. The molecule has 0 aliphatic carbocycles. The summed E-state index contributed by atoms with van der Waals surface area (Å²) in [5, 5.41) is 7.05. The van der Waals surface area contributed by atoms with Gasteiger partial charge in [0.05, 0.1) is 17.6 Å². The fraction of sp³-hybridized carbons (Fsp3) is 0.292. The third kappa shape index (κ3) is 4.62. The van der Waals surface area contributed by atoms with Gasteiger partial charge in [0.2, 0.25) is 5.91 Å². The van der Waals surface area contributed by atoms with Gasteiger partial charge < -0.3 is 5.32 Å². The van der Waals surface area contributed by atoms with Gasteiger partial charge in [-0.25, -0.2) is 9.37 Å². The Morgan fingerprint density at radius 2 is 1.91 bits per heavy atom. The van der Waals surface area contributed by atoms with Gasteiger partial charge in [0.25, 0.3) is 5.56 Å². The molecule has 1 aliphatic rings. The lowest BCUT2D eigenvalue weighted by Gasteiger charge is -2.27. The minimum Gasteiger partial charge on any atom is -0.322 e. The van der Waals surface area contributed by atoms with Gasteiger partial charge in [0.15, 0.2) is 0 Å². The molecule has 1 saturated heterocycles. The zero-order valence-electron chi connectivity index (χ0n) is 17.9. The van der Waals surface area contributed by atoms with Gasteiger partial charge in [0.1, 0.15) is 23.0 Å². The molecular weight excluding hydrogens is 459 g/mol. The van der Waals surface area contributed by atoms with Crippen molar-refractivity contribution in [3.63, 3.8) is 0 Å². The maximum absolute atomic E-state index is 14.0. The summed E-state index contributed by atoms with van der Waals surface area (Å²) >= 11 is 3.01. The van der Waals surface area contributed by atoms with Crippen LogP contribution in [-0.2, 0) is 17.9 Å². The average molecular weight is 483 g/mol. The van der Waals surface area contributed by atoms with Crippen LogP contribution in [0.3, 0.4) is 0 Å². The summed E-state index contributed by atoms with van der Waals surface area (Å²) < 4.78 is 15.5. The number of hydrogen-bond donors (Lipinski definition) is 1. The zero-order chi connectivity index (χ0) is 22.8. The Morgan fingerprint density at radius 3 is 2.67 bits per heavy atom. The number of halogens is 1. The number of piperidine rings is 1. The van der Waals surface area contributed by atoms with Crippen molar-refractivity contribution < 1.29 is 9.18 Å². The van der Waals surface area contributed by atoms with E-state index in [2.05, 4.69) is 10.2 Å². The normalized spacial score (nSPS) is 14.6. The van der Waals surface area contributed by atoms with Gasteiger partial charge >= 0.3 is 0 Å². The van der Waals surface area contributed by atoms with Crippen molar-refractivity contribution in [1.29, 1.82) is 0 Å². The topological polar surface area (TPSA) is 67.2 Å². The number of para-hydroxylation sites is 1. The first-order valence-electron chi connectivity index (χ1n) is 10.9. The summed E-state index contributed by atoms with van der Waals surface area (Å²) in [4.78, 5) is 35.3. The van der Waals surface area contributed by atoms with Gasteiger partial charge in [-0.3, -0.25) is 19.1 Å². The molecule has 170 valence electrons. The third-order valence-corrected chi connectivity index (χ3v) is 7.60. The highest BCUT2D eigenvalue weighted by molar-refractivity contribution is 7.18. The maximum Gasteiger partial charge on any atom is 0.263 e. The van der Waals surface area contributed by atoms with Crippen LogP contribution in [0.4, 0.5) is 10.1 Å². The molecular formula is C24H23FN4O2S2. The third-order valence-electron chi connectivity index (χ3n) is 5.82. The monoisotopic (exact) mass is 482 g/mol. The number of fused-ring (bicyclic) bond motifs is 1. The van der Waals surface area contributed by atoms with Crippen molar-refractivity contribution in [1.82, 2.24) is 14.5 Å². The molecule has 4 aromatic rings. The zero-order valence-corrected chi connectivity index (χ0v) is 19.6. The highest BCUT2D eigenvalue weighted by Crippen LogP contribution is 2.34. The highest BCUT2D eigenvalue weighted by atomic mass is 32.1. The van der Waals surface area contributed by atoms with E-state index >= 15 is 0 Å². The lowest BCUT2D eigenvalue weighted by Crippen LogP contribution is -2.36. The van der Waals surface area contributed by atoms with E-state index in [1.165, 1.54) is 34.5 Å². The Labute approximate surface area is 198 Å². The molecule has 6 nitrogen and oxygen atoms in total. The van der Waals surface area contributed by atoms with Crippen LogP contribution in [0.5, 0.6) is 0 Å². The molecule has 5 rings (SSSR count). The summed E-state index contributed by atoms with van der Waals surface area (Å²) in [5.41, 5.74) is 0.701. The second-order valence-electron chi connectivity index (χ2n) is 8.09. The van der Waals surface area contributed by atoms with Gasteiger partial charge in [-0.15, -0.1) is 22.7 Å². The van der Waals surface area contributed by atoms with Gasteiger partial charge in [-0.2, -0.15) is 0 Å². The Kier molecular flexibility index (Phi) is 6.34. The first-order chi connectivity index (χ1) is 16.1. The van der Waals surface area contributed by atoms with Crippen molar-refractivity contribution in [2.24, 2.45) is 0 Å². The van der Waals surface area contributed by atoms with E-state index in [9.17, 15) is 14.0 Å². The Hall–Kier alpha value is -2.88. The van der Waals surface area contributed by atoms with Crippen molar-refractivity contribution in [3.05, 3.63) is 69.2 Å². The van der Waals surface area contributed by atoms with E-state index in [1.54, 1.807) is 23.5 Å². The molecule has 4 heterocycles. The summed E-state index contributed by atoms with van der Waals surface area (Å²) in [6.45, 7) is 2.17. The average Bonchev–Trinajstić information content (AvgIpc) is 3.49. The number of amides is 1. The smallest absolute Gasteiger partial charge is 0.263 e. The number of hydrogen-bond acceptors (Lipinski definition) is 6. The number of carbonyl (C=O) groups excluding carboxylic acids is 1. The van der Waals surface area contributed by atoms with E-state index in [0.717, 1.165) is 36.4 Å². The molecule has 1 N–H and O–H groups in total. The second-order valence-corrected chi connectivity index (χ2v) is 9.90. The largest absolute Gasteiger partial charge is 0.322 e. The van der Waals surface area contributed by atoms with E-state index in [-0.39, 0.29) is 17.8 Å². The number of rotatable bonds is 6. The van der Waals surface area contributed by atoms with Crippen LogP contribution >= 0.6 is 22.7 Å². The minimum atomic E-state index is -0.516. The molecule has 1 fully saturated rings. The van der Waals surface area contributed by atoms with Gasteiger partial charge in [-0.1, -0.05) is 24.6 Å². The molecule has 0 radical (unpaired) electrons. The Bertz CT molecular complexity index is 1340. The number of likely N-dealkylation sites (tertiary alicyclic amines) is 1. The molecule has 9 heteroatoms. The Balaban J connectivity index is 1.54. The first kappa shape index (κ1) is 21.9.